The van der Waals surface area contributed by atoms with E-state index >= 15 is 0 Å². The van der Waals surface area contributed by atoms with Gasteiger partial charge in [-0.2, -0.15) is 17.4 Å². The summed E-state index contributed by atoms with van der Waals surface area (Å²) < 4.78 is 33.7. The minimum Gasteiger partial charge on any atom is -0.396 e. The van der Waals surface area contributed by atoms with Gasteiger partial charge in [0.15, 0.2) is 0 Å². The second-order valence-electron chi connectivity index (χ2n) is 4.98. The van der Waals surface area contributed by atoms with E-state index in [0.717, 1.165) is 17.5 Å². The van der Waals surface area contributed by atoms with E-state index in [1.54, 1.807) is 0 Å². The molecule has 0 amide bonds. The highest BCUT2D eigenvalue weighted by molar-refractivity contribution is 7.87. The van der Waals surface area contributed by atoms with Crippen LogP contribution in [0.5, 0.6) is 0 Å². The maximum absolute atomic E-state index is 12.2. The fourth-order valence-corrected chi connectivity index (χ4v) is 3.40. The molecule has 1 fully saturated rings. The fraction of sp³-hybridized carbons (Fsp3) is 0.571. The fourth-order valence-electron chi connectivity index (χ4n) is 2.18. The van der Waals surface area contributed by atoms with E-state index in [1.165, 1.54) is 4.31 Å². The molecular formula is C14H22N2O4S. The molecule has 0 atom stereocenters. The first kappa shape index (κ1) is 16.4. The van der Waals surface area contributed by atoms with Gasteiger partial charge in [-0.05, 0) is 24.0 Å². The summed E-state index contributed by atoms with van der Waals surface area (Å²) >= 11 is 0. The van der Waals surface area contributed by atoms with E-state index < -0.39 is 10.2 Å². The molecule has 1 aliphatic rings. The molecule has 1 saturated heterocycles. The second-order valence-corrected chi connectivity index (χ2v) is 6.74. The molecule has 0 aliphatic carbocycles. The topological polar surface area (TPSA) is 78.9 Å². The van der Waals surface area contributed by atoms with Crippen molar-refractivity contribution in [3.8, 4) is 0 Å². The molecule has 1 aromatic carbocycles. The third-order valence-electron chi connectivity index (χ3n) is 3.40. The van der Waals surface area contributed by atoms with E-state index in [0.29, 0.717) is 32.7 Å². The Morgan fingerprint density at radius 2 is 1.86 bits per heavy atom. The van der Waals surface area contributed by atoms with Crippen LogP contribution < -0.4 is 4.72 Å². The number of rotatable bonds is 6. The molecule has 6 nitrogen and oxygen atoms in total. The van der Waals surface area contributed by atoms with Crippen LogP contribution >= 0.6 is 0 Å². The van der Waals surface area contributed by atoms with Crippen molar-refractivity contribution in [1.29, 1.82) is 0 Å². The van der Waals surface area contributed by atoms with Gasteiger partial charge in [0, 0.05) is 32.8 Å². The predicted molar refractivity (Wildman–Crippen MR) is 80.0 cm³/mol. The Morgan fingerprint density at radius 1 is 1.14 bits per heavy atom. The molecule has 0 bridgehead atoms. The lowest BCUT2D eigenvalue weighted by Crippen LogP contribution is -2.41. The molecule has 7 heteroatoms. The van der Waals surface area contributed by atoms with E-state index in [2.05, 4.69) is 4.72 Å². The molecule has 0 spiro atoms. The summed E-state index contributed by atoms with van der Waals surface area (Å²) in [6.07, 6.45) is 1.33. The number of nitrogens with zero attached hydrogens (tertiary/aromatic N) is 1. The molecule has 118 valence electrons. The van der Waals surface area contributed by atoms with Crippen molar-refractivity contribution < 1.29 is 18.3 Å². The normalized spacial score (nSPS) is 17.6. The lowest BCUT2D eigenvalue weighted by molar-refractivity contribution is 0.148. The van der Waals surface area contributed by atoms with E-state index in [4.69, 9.17) is 9.84 Å². The molecule has 1 heterocycles. The van der Waals surface area contributed by atoms with Gasteiger partial charge in [-0.3, -0.25) is 0 Å². The van der Waals surface area contributed by atoms with Gasteiger partial charge in [-0.15, -0.1) is 0 Å². The van der Waals surface area contributed by atoms with Crippen LogP contribution in [0, 0.1) is 0 Å². The first-order chi connectivity index (χ1) is 10.1. The maximum atomic E-state index is 12.2. The number of ether oxygens (including phenoxy) is 1. The quantitative estimate of drug-likeness (QED) is 0.790. The Hall–Kier alpha value is -0.990. The number of benzene rings is 1. The Morgan fingerprint density at radius 3 is 2.57 bits per heavy atom. The van der Waals surface area contributed by atoms with Crippen LogP contribution in [0.2, 0.25) is 0 Å². The number of aliphatic hydroxyl groups is 1. The zero-order valence-corrected chi connectivity index (χ0v) is 12.8. The van der Waals surface area contributed by atoms with Crippen molar-refractivity contribution in [2.24, 2.45) is 0 Å². The van der Waals surface area contributed by atoms with Crippen molar-refractivity contribution in [2.75, 3.05) is 32.9 Å². The third kappa shape index (κ3) is 5.05. The lowest BCUT2D eigenvalue weighted by Gasteiger charge is -2.19. The summed E-state index contributed by atoms with van der Waals surface area (Å²) in [7, 11) is -3.46. The molecule has 2 N–H and O–H groups in total. The smallest absolute Gasteiger partial charge is 0.279 e. The highest BCUT2D eigenvalue weighted by atomic mass is 32.2. The molecule has 2 rings (SSSR count). The molecule has 1 aliphatic heterocycles. The van der Waals surface area contributed by atoms with Crippen LogP contribution in [0.25, 0.3) is 0 Å². The van der Waals surface area contributed by atoms with Crippen molar-refractivity contribution in [3.05, 3.63) is 35.4 Å². The Labute approximate surface area is 125 Å². The summed E-state index contributed by atoms with van der Waals surface area (Å²) in [6.45, 7) is 2.31. The van der Waals surface area contributed by atoms with Crippen molar-refractivity contribution >= 4 is 10.2 Å². The number of hydrogen-bond donors (Lipinski definition) is 2. The van der Waals surface area contributed by atoms with Gasteiger partial charge in [0.1, 0.15) is 0 Å². The van der Waals surface area contributed by atoms with Gasteiger partial charge < -0.3 is 9.84 Å². The molecule has 1 aromatic rings. The van der Waals surface area contributed by atoms with Crippen LogP contribution in [0.1, 0.15) is 17.5 Å². The zero-order valence-electron chi connectivity index (χ0n) is 12.0. The number of nitrogens with one attached hydrogen (secondary N) is 1. The van der Waals surface area contributed by atoms with Crippen LogP contribution in [0.15, 0.2) is 24.3 Å². The van der Waals surface area contributed by atoms with E-state index in [-0.39, 0.29) is 13.2 Å². The van der Waals surface area contributed by atoms with Gasteiger partial charge in [0.25, 0.3) is 10.2 Å². The van der Waals surface area contributed by atoms with Crippen LogP contribution in [0.4, 0.5) is 0 Å². The van der Waals surface area contributed by atoms with Crippen LogP contribution in [0.3, 0.4) is 0 Å². The maximum Gasteiger partial charge on any atom is 0.279 e. The van der Waals surface area contributed by atoms with Gasteiger partial charge in [-0.25, -0.2) is 0 Å². The zero-order chi connectivity index (χ0) is 15.1. The summed E-state index contributed by atoms with van der Waals surface area (Å²) in [6, 6.07) is 7.55. The highest BCUT2D eigenvalue weighted by Crippen LogP contribution is 2.08. The standard InChI is InChI=1S/C14H22N2O4S/c17-9-6-13-2-4-14(5-3-13)12-15-21(18,19)16-7-1-10-20-11-8-16/h2-5,15,17H,1,6-12H2. The number of aliphatic hydroxyl groups excluding tert-OH is 1. The van der Waals surface area contributed by atoms with E-state index in [9.17, 15) is 8.42 Å². The largest absolute Gasteiger partial charge is 0.396 e. The van der Waals surface area contributed by atoms with Crippen molar-refractivity contribution in [1.82, 2.24) is 9.03 Å². The van der Waals surface area contributed by atoms with Crippen molar-refractivity contribution in [2.45, 2.75) is 19.4 Å². The minimum absolute atomic E-state index is 0.114. The average molecular weight is 314 g/mol. The summed E-state index contributed by atoms with van der Waals surface area (Å²) in [5.74, 6) is 0. The van der Waals surface area contributed by atoms with Gasteiger partial charge in [0.05, 0.1) is 6.61 Å². The minimum atomic E-state index is -3.46. The van der Waals surface area contributed by atoms with Gasteiger partial charge in [0.2, 0.25) is 0 Å². The van der Waals surface area contributed by atoms with E-state index in [1.807, 2.05) is 24.3 Å². The van der Waals surface area contributed by atoms with Gasteiger partial charge >= 0.3 is 0 Å². The molecule has 21 heavy (non-hydrogen) atoms. The molecule has 0 unspecified atom stereocenters. The first-order valence-corrected chi connectivity index (χ1v) is 8.57. The molecule has 0 aromatic heterocycles. The Bertz CT molecular complexity index is 522. The summed E-state index contributed by atoms with van der Waals surface area (Å²) in [4.78, 5) is 0. The number of hydrogen-bond acceptors (Lipinski definition) is 4. The highest BCUT2D eigenvalue weighted by Gasteiger charge is 2.22. The van der Waals surface area contributed by atoms with Crippen molar-refractivity contribution in [3.63, 3.8) is 0 Å². The third-order valence-corrected chi connectivity index (χ3v) is 4.96. The molecular weight excluding hydrogens is 292 g/mol. The second kappa shape index (κ2) is 7.86. The first-order valence-electron chi connectivity index (χ1n) is 7.13. The Kier molecular flexibility index (Phi) is 6.13. The summed E-state index contributed by atoms with van der Waals surface area (Å²) in [5, 5.41) is 8.86. The van der Waals surface area contributed by atoms with Crippen LogP contribution in [-0.2, 0) is 27.9 Å². The van der Waals surface area contributed by atoms with Gasteiger partial charge in [-0.1, -0.05) is 24.3 Å². The Balaban J connectivity index is 1.91. The molecule has 0 radical (unpaired) electrons. The average Bonchev–Trinajstić information content (AvgIpc) is 2.77. The summed E-state index contributed by atoms with van der Waals surface area (Å²) in [5.41, 5.74) is 1.93. The predicted octanol–water partition coefficient (Wildman–Crippen LogP) is 0.278. The van der Waals surface area contributed by atoms with Crippen LogP contribution in [-0.4, -0.2) is 50.7 Å². The molecule has 0 saturated carbocycles. The lowest BCUT2D eigenvalue weighted by atomic mass is 10.1. The monoisotopic (exact) mass is 314 g/mol. The SMILES string of the molecule is O=S(=O)(NCc1ccc(CCO)cc1)N1CCCOCC1.